The molecule has 10 heteroatoms. The number of aromatic nitrogens is 3. The molecular formula is C14H24N4O5S. The second kappa shape index (κ2) is 7.06. The van der Waals surface area contributed by atoms with Crippen molar-refractivity contribution in [3.8, 4) is 0 Å². The maximum Gasteiger partial charge on any atom is 0.410 e. The van der Waals surface area contributed by atoms with Crippen LogP contribution in [0.3, 0.4) is 0 Å². The number of rotatable bonds is 4. The first kappa shape index (κ1) is 18.7. The molecule has 1 fully saturated rings. The standard InChI is InChI=1S/C14H24N4O5S/c1-14(2,3)23-13(19)17-7-5-12(6-8-17)18-9-11(15-16-18)10-22-24(4,20)21/h9,12H,5-8,10H2,1-4H3. The predicted octanol–water partition coefficient (Wildman–Crippen LogP) is 1.33. The van der Waals surface area contributed by atoms with E-state index in [-0.39, 0.29) is 18.7 Å². The second-order valence-corrected chi connectivity index (χ2v) is 8.50. The zero-order chi connectivity index (χ0) is 18.0. The molecule has 0 N–H and O–H groups in total. The molecule has 1 aromatic heterocycles. The van der Waals surface area contributed by atoms with Gasteiger partial charge in [-0.2, -0.15) is 8.42 Å². The maximum atomic E-state index is 12.0. The summed E-state index contributed by atoms with van der Waals surface area (Å²) in [5.74, 6) is 0. The Hall–Kier alpha value is -1.68. The lowest BCUT2D eigenvalue weighted by atomic mass is 10.1. The van der Waals surface area contributed by atoms with Gasteiger partial charge in [-0.1, -0.05) is 5.21 Å². The summed E-state index contributed by atoms with van der Waals surface area (Å²) in [5.41, 5.74) is -0.0519. The molecule has 9 nitrogen and oxygen atoms in total. The van der Waals surface area contributed by atoms with Crippen LogP contribution in [0.15, 0.2) is 6.20 Å². The molecule has 0 aliphatic carbocycles. The number of hydrogen-bond donors (Lipinski definition) is 0. The Bertz CT molecular complexity index is 672. The van der Waals surface area contributed by atoms with Crippen molar-refractivity contribution in [2.45, 2.75) is 51.9 Å². The van der Waals surface area contributed by atoms with E-state index in [0.29, 0.717) is 18.8 Å². The third-order valence-corrected chi connectivity index (χ3v) is 4.01. The summed E-state index contributed by atoms with van der Waals surface area (Å²) < 4.78 is 33.7. The molecule has 1 saturated heterocycles. The Morgan fingerprint density at radius 2 is 1.96 bits per heavy atom. The average molecular weight is 360 g/mol. The van der Waals surface area contributed by atoms with E-state index in [1.165, 1.54) is 0 Å². The third kappa shape index (κ3) is 5.75. The van der Waals surface area contributed by atoms with E-state index in [1.54, 1.807) is 15.8 Å². The van der Waals surface area contributed by atoms with Gasteiger partial charge in [0.1, 0.15) is 17.9 Å². The van der Waals surface area contributed by atoms with E-state index in [0.717, 1.165) is 19.1 Å². The van der Waals surface area contributed by atoms with E-state index in [1.807, 2.05) is 20.8 Å². The number of nitrogens with zero attached hydrogens (tertiary/aromatic N) is 4. The highest BCUT2D eigenvalue weighted by atomic mass is 32.2. The van der Waals surface area contributed by atoms with Crippen LogP contribution in [-0.4, -0.2) is 59.4 Å². The van der Waals surface area contributed by atoms with Gasteiger partial charge in [0, 0.05) is 13.1 Å². The molecular weight excluding hydrogens is 336 g/mol. The molecule has 136 valence electrons. The summed E-state index contributed by atoms with van der Waals surface area (Å²) in [6, 6.07) is 0.114. The smallest absolute Gasteiger partial charge is 0.410 e. The number of carbonyl (C=O) groups is 1. The summed E-state index contributed by atoms with van der Waals surface area (Å²) >= 11 is 0. The zero-order valence-corrected chi connectivity index (χ0v) is 15.2. The van der Waals surface area contributed by atoms with Crippen LogP contribution in [0.4, 0.5) is 4.79 Å². The van der Waals surface area contributed by atoms with Gasteiger partial charge < -0.3 is 9.64 Å². The molecule has 0 bridgehead atoms. The van der Waals surface area contributed by atoms with Gasteiger partial charge in [-0.3, -0.25) is 4.18 Å². The topological polar surface area (TPSA) is 104 Å². The van der Waals surface area contributed by atoms with Gasteiger partial charge in [0.2, 0.25) is 0 Å². The van der Waals surface area contributed by atoms with Gasteiger partial charge in [0.15, 0.2) is 0 Å². The van der Waals surface area contributed by atoms with Gasteiger partial charge >= 0.3 is 6.09 Å². The highest BCUT2D eigenvalue weighted by Gasteiger charge is 2.28. The summed E-state index contributed by atoms with van der Waals surface area (Å²) in [6.45, 7) is 6.55. The molecule has 1 amide bonds. The van der Waals surface area contributed by atoms with Crippen LogP contribution in [0.1, 0.15) is 45.3 Å². The predicted molar refractivity (Wildman–Crippen MR) is 85.7 cm³/mol. The molecule has 0 unspecified atom stereocenters. The molecule has 0 aromatic carbocycles. The Morgan fingerprint density at radius 3 is 2.50 bits per heavy atom. The lowest BCUT2D eigenvalue weighted by Crippen LogP contribution is -2.42. The first-order chi connectivity index (χ1) is 11.0. The molecule has 0 radical (unpaired) electrons. The third-order valence-electron chi connectivity index (χ3n) is 3.47. The fraction of sp³-hybridized carbons (Fsp3) is 0.786. The maximum absolute atomic E-state index is 12.0. The molecule has 2 rings (SSSR count). The van der Waals surface area contributed by atoms with Crippen LogP contribution in [-0.2, 0) is 25.6 Å². The van der Waals surface area contributed by atoms with Crippen LogP contribution in [0, 0.1) is 0 Å². The average Bonchev–Trinajstić information content (AvgIpc) is 2.92. The van der Waals surface area contributed by atoms with Crippen LogP contribution in [0.5, 0.6) is 0 Å². The zero-order valence-electron chi connectivity index (χ0n) is 14.4. The van der Waals surface area contributed by atoms with E-state index >= 15 is 0 Å². The number of amides is 1. The molecule has 0 spiro atoms. The number of piperidine rings is 1. The van der Waals surface area contributed by atoms with Gasteiger partial charge in [-0.05, 0) is 33.6 Å². The van der Waals surface area contributed by atoms with Crippen molar-refractivity contribution in [1.82, 2.24) is 19.9 Å². The Morgan fingerprint density at radius 1 is 1.33 bits per heavy atom. The van der Waals surface area contributed by atoms with E-state index in [4.69, 9.17) is 8.92 Å². The lowest BCUT2D eigenvalue weighted by Gasteiger charge is -2.33. The molecule has 1 aliphatic rings. The van der Waals surface area contributed by atoms with Gasteiger partial charge in [0.05, 0.1) is 18.5 Å². The largest absolute Gasteiger partial charge is 0.444 e. The summed E-state index contributed by atoms with van der Waals surface area (Å²) in [5, 5.41) is 7.94. The molecule has 2 heterocycles. The fourth-order valence-corrected chi connectivity index (χ4v) is 2.70. The van der Waals surface area contributed by atoms with Gasteiger partial charge in [-0.25, -0.2) is 9.48 Å². The molecule has 24 heavy (non-hydrogen) atoms. The van der Waals surface area contributed by atoms with Gasteiger partial charge in [-0.15, -0.1) is 5.10 Å². The van der Waals surface area contributed by atoms with E-state index in [9.17, 15) is 13.2 Å². The molecule has 0 atom stereocenters. The van der Waals surface area contributed by atoms with Crippen LogP contribution < -0.4 is 0 Å². The number of hydrogen-bond acceptors (Lipinski definition) is 7. The second-order valence-electron chi connectivity index (χ2n) is 6.85. The number of likely N-dealkylation sites (tertiary alicyclic amines) is 1. The minimum absolute atomic E-state index is 0.114. The highest BCUT2D eigenvalue weighted by Crippen LogP contribution is 2.23. The van der Waals surface area contributed by atoms with Crippen molar-refractivity contribution < 1.29 is 22.1 Å². The Balaban J connectivity index is 1.86. The highest BCUT2D eigenvalue weighted by molar-refractivity contribution is 7.85. The summed E-state index contributed by atoms with van der Waals surface area (Å²) in [6.07, 6.45) is 3.83. The van der Waals surface area contributed by atoms with Gasteiger partial charge in [0.25, 0.3) is 10.1 Å². The van der Waals surface area contributed by atoms with E-state index < -0.39 is 15.7 Å². The minimum atomic E-state index is -3.50. The van der Waals surface area contributed by atoms with Crippen LogP contribution in [0.25, 0.3) is 0 Å². The van der Waals surface area contributed by atoms with Crippen molar-refractivity contribution in [3.63, 3.8) is 0 Å². The van der Waals surface area contributed by atoms with Crippen molar-refractivity contribution >= 4 is 16.2 Å². The molecule has 1 aromatic rings. The first-order valence-corrected chi connectivity index (χ1v) is 9.58. The SMILES string of the molecule is CC(C)(C)OC(=O)N1CCC(n2cc(COS(C)(=O)=O)nn2)CC1. The molecule has 1 aliphatic heterocycles. The monoisotopic (exact) mass is 360 g/mol. The fourth-order valence-electron chi connectivity index (χ4n) is 2.36. The van der Waals surface area contributed by atoms with E-state index in [2.05, 4.69) is 10.3 Å². The summed E-state index contributed by atoms with van der Waals surface area (Å²) in [4.78, 5) is 13.7. The normalized spacial score (nSPS) is 17.1. The quantitative estimate of drug-likeness (QED) is 0.746. The Kier molecular flexibility index (Phi) is 5.49. The van der Waals surface area contributed by atoms with Crippen LogP contribution in [0.2, 0.25) is 0 Å². The van der Waals surface area contributed by atoms with Crippen molar-refractivity contribution in [1.29, 1.82) is 0 Å². The first-order valence-electron chi connectivity index (χ1n) is 7.76. The van der Waals surface area contributed by atoms with Crippen molar-refractivity contribution in [2.24, 2.45) is 0 Å². The molecule has 0 saturated carbocycles. The number of ether oxygens (including phenoxy) is 1. The van der Waals surface area contributed by atoms with Crippen molar-refractivity contribution in [2.75, 3.05) is 19.3 Å². The lowest BCUT2D eigenvalue weighted by molar-refractivity contribution is 0.0184. The minimum Gasteiger partial charge on any atom is -0.444 e. The summed E-state index contributed by atoms with van der Waals surface area (Å²) in [7, 11) is -3.50. The Labute approximate surface area is 142 Å². The van der Waals surface area contributed by atoms with Crippen LogP contribution >= 0.6 is 0 Å². The number of carbonyl (C=O) groups excluding carboxylic acids is 1. The van der Waals surface area contributed by atoms with Crippen molar-refractivity contribution in [3.05, 3.63) is 11.9 Å².